The first-order valence-corrected chi connectivity index (χ1v) is 5.70. The third kappa shape index (κ3) is 3.28. The van der Waals surface area contributed by atoms with Crippen molar-refractivity contribution >= 4 is 5.69 Å². The van der Waals surface area contributed by atoms with Crippen molar-refractivity contribution in [1.29, 1.82) is 0 Å². The van der Waals surface area contributed by atoms with E-state index in [4.69, 9.17) is 10.5 Å². The first-order chi connectivity index (χ1) is 7.84. The molecular weight excluding hydrogens is 200 g/mol. The normalized spacial score (nSPS) is 16.2. The molecule has 0 saturated carbocycles. The molecule has 1 aromatic carbocycles. The molecule has 0 bridgehead atoms. The van der Waals surface area contributed by atoms with Crippen molar-refractivity contribution < 1.29 is 4.74 Å². The molecule has 0 atom stereocenters. The Morgan fingerprint density at radius 1 is 1.19 bits per heavy atom. The number of nitrogen functional groups attached to an aromatic ring is 1. The molecule has 0 amide bonds. The zero-order chi connectivity index (χ0) is 11.2. The molecule has 0 unspecified atom stereocenters. The smallest absolute Gasteiger partial charge is 0.119 e. The van der Waals surface area contributed by atoms with Gasteiger partial charge in [0.1, 0.15) is 12.4 Å². The van der Waals surface area contributed by atoms with E-state index in [1.54, 1.807) is 0 Å². The van der Waals surface area contributed by atoms with Crippen LogP contribution in [0.1, 0.15) is 6.42 Å². The van der Waals surface area contributed by atoms with E-state index in [0.717, 1.165) is 44.1 Å². The van der Waals surface area contributed by atoms with E-state index in [-0.39, 0.29) is 0 Å². The molecule has 0 aromatic heterocycles. The zero-order valence-corrected chi connectivity index (χ0v) is 9.43. The molecule has 1 aliphatic rings. The second-order valence-corrected chi connectivity index (χ2v) is 3.98. The first kappa shape index (κ1) is 11.0. The monoisotopic (exact) mass is 218 g/mol. The van der Waals surface area contributed by atoms with Crippen molar-refractivity contribution in [1.82, 2.24) is 4.90 Å². The van der Waals surface area contributed by atoms with Crippen LogP contribution < -0.4 is 10.5 Å². The van der Waals surface area contributed by atoms with Gasteiger partial charge in [-0.25, -0.2) is 0 Å². The summed E-state index contributed by atoms with van der Waals surface area (Å²) in [5.74, 6) is 0.891. The lowest BCUT2D eigenvalue weighted by Crippen LogP contribution is -2.31. The minimum atomic E-state index is 0.734. The molecule has 86 valence electrons. The summed E-state index contributed by atoms with van der Waals surface area (Å²) in [6, 6.07) is 7.54. The number of rotatable bonds is 4. The van der Waals surface area contributed by atoms with Crippen molar-refractivity contribution in [2.24, 2.45) is 0 Å². The zero-order valence-electron chi connectivity index (χ0n) is 9.43. The summed E-state index contributed by atoms with van der Waals surface area (Å²) in [6.45, 7) is 3.90. The first-order valence-electron chi connectivity index (χ1n) is 5.70. The lowest BCUT2D eigenvalue weighted by Gasteiger charge is -2.22. The van der Waals surface area contributed by atoms with Gasteiger partial charge < -0.3 is 10.5 Å². The molecule has 0 fully saturated rings. The number of nitrogens with zero attached hydrogens (tertiary/aromatic N) is 1. The van der Waals surface area contributed by atoms with Crippen molar-refractivity contribution in [3.63, 3.8) is 0 Å². The number of hydrogen-bond donors (Lipinski definition) is 1. The van der Waals surface area contributed by atoms with Gasteiger partial charge in [0, 0.05) is 25.3 Å². The Labute approximate surface area is 96.5 Å². The molecular formula is C13H18N2O. The third-order valence-electron chi connectivity index (χ3n) is 2.70. The SMILES string of the molecule is Nc1ccc(OCCN2CC=CCC2)cc1. The van der Waals surface area contributed by atoms with Crippen molar-refractivity contribution in [2.45, 2.75) is 6.42 Å². The molecule has 0 aliphatic carbocycles. The minimum Gasteiger partial charge on any atom is -0.492 e. The molecule has 16 heavy (non-hydrogen) atoms. The summed E-state index contributed by atoms with van der Waals surface area (Å²) in [5, 5.41) is 0. The molecule has 1 heterocycles. The van der Waals surface area contributed by atoms with E-state index in [2.05, 4.69) is 17.1 Å². The fourth-order valence-corrected chi connectivity index (χ4v) is 1.75. The lowest BCUT2D eigenvalue weighted by molar-refractivity contribution is 0.221. The van der Waals surface area contributed by atoms with Gasteiger partial charge in [-0.15, -0.1) is 0 Å². The van der Waals surface area contributed by atoms with E-state index >= 15 is 0 Å². The Morgan fingerprint density at radius 2 is 2.00 bits per heavy atom. The van der Waals surface area contributed by atoms with Gasteiger partial charge in [-0.05, 0) is 30.7 Å². The van der Waals surface area contributed by atoms with Gasteiger partial charge in [-0.3, -0.25) is 4.90 Å². The van der Waals surface area contributed by atoms with E-state index < -0.39 is 0 Å². The van der Waals surface area contributed by atoms with Gasteiger partial charge >= 0.3 is 0 Å². The van der Waals surface area contributed by atoms with Crippen LogP contribution in [0.25, 0.3) is 0 Å². The molecule has 0 radical (unpaired) electrons. The molecule has 2 N–H and O–H groups in total. The average molecular weight is 218 g/mol. The molecule has 3 heteroatoms. The summed E-state index contributed by atoms with van der Waals surface area (Å²) >= 11 is 0. The van der Waals surface area contributed by atoms with Crippen molar-refractivity contribution in [3.05, 3.63) is 36.4 Å². The third-order valence-corrected chi connectivity index (χ3v) is 2.70. The standard InChI is InChI=1S/C13H18N2O/c14-12-4-6-13(7-5-12)16-11-10-15-8-2-1-3-9-15/h1-2,4-7H,3,8-11,14H2. The quantitative estimate of drug-likeness (QED) is 0.619. The molecule has 0 saturated heterocycles. The summed E-state index contributed by atoms with van der Waals surface area (Å²) in [4.78, 5) is 2.39. The highest BCUT2D eigenvalue weighted by Gasteiger charge is 2.05. The van der Waals surface area contributed by atoms with Crippen LogP contribution in [0, 0.1) is 0 Å². The molecule has 3 nitrogen and oxygen atoms in total. The van der Waals surface area contributed by atoms with Crippen LogP contribution in [0.4, 0.5) is 5.69 Å². The Bertz CT molecular complexity index is 345. The maximum Gasteiger partial charge on any atom is 0.119 e. The lowest BCUT2D eigenvalue weighted by atomic mass is 10.2. The summed E-state index contributed by atoms with van der Waals surface area (Å²) in [5.41, 5.74) is 6.37. The topological polar surface area (TPSA) is 38.5 Å². The Kier molecular flexibility index (Phi) is 3.83. The second kappa shape index (κ2) is 5.56. The van der Waals surface area contributed by atoms with Crippen LogP contribution in [-0.2, 0) is 0 Å². The van der Waals surface area contributed by atoms with Crippen molar-refractivity contribution in [2.75, 3.05) is 32.0 Å². The van der Waals surface area contributed by atoms with Gasteiger partial charge in [0.25, 0.3) is 0 Å². The van der Waals surface area contributed by atoms with Crippen LogP contribution in [0.3, 0.4) is 0 Å². The van der Waals surface area contributed by atoms with Gasteiger partial charge in [-0.1, -0.05) is 12.2 Å². The van der Waals surface area contributed by atoms with E-state index in [1.165, 1.54) is 0 Å². The van der Waals surface area contributed by atoms with Gasteiger partial charge in [0.2, 0.25) is 0 Å². The Morgan fingerprint density at radius 3 is 2.69 bits per heavy atom. The number of anilines is 1. The van der Waals surface area contributed by atoms with Gasteiger partial charge in [0.05, 0.1) is 0 Å². The molecule has 1 aromatic rings. The van der Waals surface area contributed by atoms with Crippen molar-refractivity contribution in [3.8, 4) is 5.75 Å². The maximum absolute atomic E-state index is 5.64. The highest BCUT2D eigenvalue weighted by molar-refractivity contribution is 5.41. The fraction of sp³-hybridized carbons (Fsp3) is 0.385. The van der Waals surface area contributed by atoms with E-state index in [9.17, 15) is 0 Å². The highest BCUT2D eigenvalue weighted by Crippen LogP contribution is 2.13. The van der Waals surface area contributed by atoms with Crippen LogP contribution in [-0.4, -0.2) is 31.1 Å². The van der Waals surface area contributed by atoms with Crippen LogP contribution >= 0.6 is 0 Å². The van der Waals surface area contributed by atoms with Crippen LogP contribution in [0.5, 0.6) is 5.75 Å². The summed E-state index contributed by atoms with van der Waals surface area (Å²) in [6.07, 6.45) is 5.60. The van der Waals surface area contributed by atoms with Gasteiger partial charge in [-0.2, -0.15) is 0 Å². The Balaban J connectivity index is 1.71. The van der Waals surface area contributed by atoms with E-state index in [0.29, 0.717) is 0 Å². The fourth-order valence-electron chi connectivity index (χ4n) is 1.75. The van der Waals surface area contributed by atoms with Crippen LogP contribution in [0.2, 0.25) is 0 Å². The Hall–Kier alpha value is -1.48. The number of benzene rings is 1. The number of hydrogen-bond acceptors (Lipinski definition) is 3. The minimum absolute atomic E-state index is 0.734. The largest absolute Gasteiger partial charge is 0.492 e. The maximum atomic E-state index is 5.64. The van der Waals surface area contributed by atoms with E-state index in [1.807, 2.05) is 24.3 Å². The predicted molar refractivity (Wildman–Crippen MR) is 66.5 cm³/mol. The average Bonchev–Trinajstić information content (AvgIpc) is 2.33. The molecule has 1 aliphatic heterocycles. The molecule has 0 spiro atoms. The highest BCUT2D eigenvalue weighted by atomic mass is 16.5. The summed E-state index contributed by atoms with van der Waals surface area (Å²) < 4.78 is 5.64. The number of ether oxygens (including phenoxy) is 1. The van der Waals surface area contributed by atoms with Gasteiger partial charge in [0.15, 0.2) is 0 Å². The second-order valence-electron chi connectivity index (χ2n) is 3.98. The number of nitrogens with two attached hydrogens (primary N) is 1. The van der Waals surface area contributed by atoms with Crippen LogP contribution in [0.15, 0.2) is 36.4 Å². The molecule has 2 rings (SSSR count). The summed E-state index contributed by atoms with van der Waals surface area (Å²) in [7, 11) is 0. The predicted octanol–water partition coefficient (Wildman–Crippen LogP) is 1.91.